The van der Waals surface area contributed by atoms with Crippen molar-refractivity contribution >= 4 is 23.5 Å². The number of rotatable bonds is 2. The molecule has 0 bridgehead atoms. The Morgan fingerprint density at radius 3 is 2.67 bits per heavy atom. The van der Waals surface area contributed by atoms with Crippen molar-refractivity contribution in [1.29, 1.82) is 0 Å². The van der Waals surface area contributed by atoms with Gasteiger partial charge < -0.3 is 15.3 Å². The van der Waals surface area contributed by atoms with E-state index in [4.69, 9.17) is 0 Å². The van der Waals surface area contributed by atoms with E-state index in [9.17, 15) is 19.5 Å². The average Bonchev–Trinajstić information content (AvgIpc) is 2.78. The molecule has 1 aromatic carbocycles. The first-order valence-corrected chi connectivity index (χ1v) is 8.26. The van der Waals surface area contributed by atoms with Crippen molar-refractivity contribution in [2.45, 2.75) is 45.1 Å². The summed E-state index contributed by atoms with van der Waals surface area (Å²) >= 11 is 0. The molecule has 2 aliphatic rings. The highest BCUT2D eigenvalue weighted by atomic mass is 16.4. The number of likely N-dealkylation sites (tertiary alicyclic amines) is 1. The largest absolute Gasteiger partial charge is 0.478 e. The van der Waals surface area contributed by atoms with Crippen LogP contribution >= 0.6 is 0 Å². The maximum atomic E-state index is 12.7. The van der Waals surface area contributed by atoms with Crippen molar-refractivity contribution < 1.29 is 19.5 Å². The monoisotopic (exact) mass is 330 g/mol. The SMILES string of the molecule is CC(C)C(=O)N1CCC2(CC1C)C(=O)Nc1ccc(C(=O)O)cc12. The van der Waals surface area contributed by atoms with E-state index in [2.05, 4.69) is 5.32 Å². The molecule has 0 aliphatic carbocycles. The minimum Gasteiger partial charge on any atom is -0.478 e. The fourth-order valence-electron chi connectivity index (χ4n) is 3.90. The summed E-state index contributed by atoms with van der Waals surface area (Å²) in [6, 6.07) is 4.68. The molecule has 2 aliphatic heterocycles. The van der Waals surface area contributed by atoms with Gasteiger partial charge in [-0.15, -0.1) is 0 Å². The maximum absolute atomic E-state index is 12.7. The first-order valence-electron chi connectivity index (χ1n) is 8.26. The molecule has 2 atom stereocenters. The number of carbonyl (C=O) groups excluding carboxylic acids is 2. The lowest BCUT2D eigenvalue weighted by Gasteiger charge is -2.43. The number of hydrogen-bond acceptors (Lipinski definition) is 3. The van der Waals surface area contributed by atoms with Gasteiger partial charge in [0.05, 0.1) is 11.0 Å². The minimum absolute atomic E-state index is 0.0705. The molecule has 2 N–H and O–H groups in total. The molecule has 0 radical (unpaired) electrons. The van der Waals surface area contributed by atoms with E-state index in [1.807, 2.05) is 25.7 Å². The Balaban J connectivity index is 1.96. The Morgan fingerprint density at radius 2 is 2.08 bits per heavy atom. The van der Waals surface area contributed by atoms with Gasteiger partial charge in [0.15, 0.2) is 0 Å². The zero-order valence-electron chi connectivity index (χ0n) is 14.1. The second kappa shape index (κ2) is 5.61. The number of carbonyl (C=O) groups is 3. The predicted molar refractivity (Wildman–Crippen MR) is 89.0 cm³/mol. The fraction of sp³-hybridized carbons (Fsp3) is 0.500. The summed E-state index contributed by atoms with van der Waals surface area (Å²) in [5.41, 5.74) is 0.864. The number of amides is 2. The van der Waals surface area contributed by atoms with Crippen LogP contribution in [0, 0.1) is 5.92 Å². The Bertz CT molecular complexity index is 728. The van der Waals surface area contributed by atoms with Gasteiger partial charge in [-0.05, 0) is 43.5 Å². The maximum Gasteiger partial charge on any atom is 0.335 e. The third-order valence-electron chi connectivity index (χ3n) is 5.20. The topological polar surface area (TPSA) is 86.7 Å². The molecule has 2 heterocycles. The molecule has 0 saturated carbocycles. The standard InChI is InChI=1S/C18H22N2O4/c1-10(2)15(21)20-7-6-18(9-11(20)3)13-8-12(16(22)23)4-5-14(13)19-17(18)24/h4-5,8,10-11H,6-7,9H2,1-3H3,(H,19,24)(H,22,23). The van der Waals surface area contributed by atoms with Crippen LogP contribution in [0.1, 0.15) is 49.5 Å². The number of anilines is 1. The molecular formula is C18H22N2O4. The van der Waals surface area contributed by atoms with Gasteiger partial charge in [-0.3, -0.25) is 9.59 Å². The predicted octanol–water partition coefficient (Wildman–Crippen LogP) is 2.24. The molecule has 1 spiro atoms. The number of carboxylic acid groups (broad SMARTS) is 1. The van der Waals surface area contributed by atoms with Gasteiger partial charge >= 0.3 is 5.97 Å². The summed E-state index contributed by atoms with van der Waals surface area (Å²) in [5.74, 6) is -1.09. The van der Waals surface area contributed by atoms with Crippen LogP contribution in [0.4, 0.5) is 5.69 Å². The summed E-state index contributed by atoms with van der Waals surface area (Å²) in [5, 5.41) is 12.1. The number of nitrogens with one attached hydrogen (secondary N) is 1. The molecule has 24 heavy (non-hydrogen) atoms. The van der Waals surface area contributed by atoms with Crippen LogP contribution in [0.5, 0.6) is 0 Å². The van der Waals surface area contributed by atoms with Gasteiger partial charge in [0, 0.05) is 24.2 Å². The van der Waals surface area contributed by atoms with E-state index >= 15 is 0 Å². The third kappa shape index (κ3) is 2.37. The highest BCUT2D eigenvalue weighted by Crippen LogP contribution is 2.47. The van der Waals surface area contributed by atoms with Crippen molar-refractivity contribution in [3.05, 3.63) is 29.3 Å². The molecule has 1 aromatic rings. The lowest BCUT2D eigenvalue weighted by atomic mass is 9.71. The number of carboxylic acids is 1. The molecule has 1 saturated heterocycles. The summed E-state index contributed by atoms with van der Waals surface area (Å²) in [4.78, 5) is 38.1. The van der Waals surface area contributed by atoms with Gasteiger partial charge in [0.2, 0.25) is 11.8 Å². The smallest absolute Gasteiger partial charge is 0.335 e. The minimum atomic E-state index is -1.01. The molecule has 6 nitrogen and oxygen atoms in total. The lowest BCUT2D eigenvalue weighted by Crippen LogP contribution is -2.53. The van der Waals surface area contributed by atoms with Gasteiger partial charge in [-0.25, -0.2) is 4.79 Å². The van der Waals surface area contributed by atoms with Crippen LogP contribution in [0.3, 0.4) is 0 Å². The molecule has 2 unspecified atom stereocenters. The van der Waals surface area contributed by atoms with E-state index in [0.29, 0.717) is 25.1 Å². The highest BCUT2D eigenvalue weighted by Gasteiger charge is 2.51. The van der Waals surface area contributed by atoms with Crippen molar-refractivity contribution in [2.75, 3.05) is 11.9 Å². The Labute approximate surface area is 140 Å². The Kier molecular flexibility index (Phi) is 3.86. The molecular weight excluding hydrogens is 308 g/mol. The van der Waals surface area contributed by atoms with Crippen molar-refractivity contribution in [3.8, 4) is 0 Å². The summed E-state index contributed by atoms with van der Waals surface area (Å²) in [6.07, 6.45) is 1.02. The van der Waals surface area contributed by atoms with Gasteiger partial charge in [0.1, 0.15) is 0 Å². The van der Waals surface area contributed by atoms with Crippen LogP contribution < -0.4 is 5.32 Å². The molecule has 2 amide bonds. The average molecular weight is 330 g/mol. The number of aromatic carboxylic acids is 1. The first kappa shape index (κ1) is 16.5. The number of fused-ring (bicyclic) bond motifs is 2. The molecule has 1 fully saturated rings. The number of piperidine rings is 1. The van der Waals surface area contributed by atoms with Gasteiger partial charge in [-0.1, -0.05) is 13.8 Å². The fourth-order valence-corrected chi connectivity index (χ4v) is 3.90. The highest BCUT2D eigenvalue weighted by molar-refractivity contribution is 6.07. The number of benzene rings is 1. The van der Waals surface area contributed by atoms with E-state index < -0.39 is 11.4 Å². The van der Waals surface area contributed by atoms with Crippen molar-refractivity contribution in [3.63, 3.8) is 0 Å². The lowest BCUT2D eigenvalue weighted by molar-refractivity contribution is -0.140. The van der Waals surface area contributed by atoms with Crippen molar-refractivity contribution in [2.24, 2.45) is 5.92 Å². The zero-order valence-corrected chi connectivity index (χ0v) is 14.1. The molecule has 3 rings (SSSR count). The zero-order chi connectivity index (χ0) is 17.6. The quantitative estimate of drug-likeness (QED) is 0.870. The van der Waals surface area contributed by atoms with Gasteiger partial charge in [-0.2, -0.15) is 0 Å². The van der Waals surface area contributed by atoms with E-state index in [0.717, 1.165) is 5.56 Å². The van der Waals surface area contributed by atoms with Crippen LogP contribution in [-0.4, -0.2) is 40.4 Å². The van der Waals surface area contributed by atoms with Crippen LogP contribution in [-0.2, 0) is 15.0 Å². The van der Waals surface area contributed by atoms with Crippen LogP contribution in [0.2, 0.25) is 0 Å². The van der Waals surface area contributed by atoms with Crippen molar-refractivity contribution in [1.82, 2.24) is 4.90 Å². The Morgan fingerprint density at radius 1 is 1.38 bits per heavy atom. The first-order chi connectivity index (χ1) is 11.3. The van der Waals surface area contributed by atoms with E-state index in [1.165, 1.54) is 6.07 Å². The molecule has 128 valence electrons. The Hall–Kier alpha value is -2.37. The normalized spacial score (nSPS) is 25.8. The van der Waals surface area contributed by atoms with Crippen LogP contribution in [0.15, 0.2) is 18.2 Å². The molecule has 0 aromatic heterocycles. The van der Waals surface area contributed by atoms with E-state index in [1.54, 1.807) is 12.1 Å². The number of nitrogens with zero attached hydrogens (tertiary/aromatic N) is 1. The molecule has 6 heteroatoms. The summed E-state index contributed by atoms with van der Waals surface area (Å²) < 4.78 is 0. The summed E-state index contributed by atoms with van der Waals surface area (Å²) in [7, 11) is 0. The third-order valence-corrected chi connectivity index (χ3v) is 5.20. The van der Waals surface area contributed by atoms with Gasteiger partial charge in [0.25, 0.3) is 0 Å². The second-order valence-electron chi connectivity index (χ2n) is 7.09. The number of hydrogen-bond donors (Lipinski definition) is 2. The second-order valence-corrected chi connectivity index (χ2v) is 7.09. The summed E-state index contributed by atoms with van der Waals surface area (Å²) in [6.45, 7) is 6.20. The van der Waals surface area contributed by atoms with E-state index in [-0.39, 0.29) is 29.3 Å². The van der Waals surface area contributed by atoms with Crippen LogP contribution in [0.25, 0.3) is 0 Å².